The van der Waals surface area contributed by atoms with Crippen LogP contribution in [0.15, 0.2) is 140 Å². The van der Waals surface area contributed by atoms with Crippen LogP contribution in [0.5, 0.6) is 23.0 Å². The number of nitrogens with two attached hydrogens (primary N) is 3. The summed E-state index contributed by atoms with van der Waals surface area (Å²) in [4.78, 5) is 84.8. The second kappa shape index (κ2) is 37.9. The predicted octanol–water partition coefficient (Wildman–Crippen LogP) is 13.6. The van der Waals surface area contributed by atoms with E-state index in [4.69, 9.17) is 52.9 Å². The number of halogens is 1. The summed E-state index contributed by atoms with van der Waals surface area (Å²) in [6, 6.07) is 30.4. The minimum absolute atomic E-state index is 0.0209. The van der Waals surface area contributed by atoms with Crippen LogP contribution in [-0.4, -0.2) is 119 Å². The fourth-order valence-electron chi connectivity index (χ4n) is 7.67. The van der Waals surface area contributed by atoms with Crippen molar-refractivity contribution in [3.8, 4) is 68.9 Å². The summed E-state index contributed by atoms with van der Waals surface area (Å²) in [5, 5.41) is 38.9. The molecule has 8 rings (SSSR count). The summed E-state index contributed by atoms with van der Waals surface area (Å²) >= 11 is 6.00. The molecule has 8 aromatic rings. The van der Waals surface area contributed by atoms with Crippen molar-refractivity contribution < 1.29 is 53.1 Å². The number of hydrogen-bond donors (Lipinski definition) is 7. The highest BCUT2D eigenvalue weighted by Crippen LogP contribution is 2.33. The molecule has 0 aliphatic carbocycles. The van der Waals surface area contributed by atoms with E-state index < -0.39 is 65.6 Å². The van der Waals surface area contributed by atoms with Crippen LogP contribution in [-0.2, 0) is 0 Å². The molecule has 10 N–H and O–H groups in total. The summed E-state index contributed by atoms with van der Waals surface area (Å²) in [6.07, 6.45) is 6.55. The lowest BCUT2D eigenvalue weighted by Crippen LogP contribution is -2.16. The first-order valence-corrected chi connectivity index (χ1v) is 45.2. The molecule has 530 valence electrons. The SMILES string of the molecule is COc1cc(Cl)cc(C(=O)Nc2ccc(C#C[Si](C)(C)C)cn2)c1N.COc1cccc(C(=O)Nc2ccc(C#C[Si](C)(C)C)cn2)c1N.COc1cccc(C(=O)Nc2ccc(C#C[Si](C)(C)C)cn2)c1[N+](=O)[O-].COc1cccc(C(=O)O)c1[N+](=O)[O-].C[Si](C)(C)C#Cc1ccc(N)nc1. The van der Waals surface area contributed by atoms with Gasteiger partial charge in [0.15, 0.2) is 11.5 Å². The number of methoxy groups -OCH3 is 4. The molecule has 0 aliphatic heterocycles. The molecule has 0 radical (unpaired) electrons. The number of pyridine rings is 4. The number of benzene rings is 4. The zero-order chi connectivity index (χ0) is 76.3. The second-order valence-electron chi connectivity index (χ2n) is 25.7. The van der Waals surface area contributed by atoms with Crippen LogP contribution in [0, 0.1) is 66.1 Å². The van der Waals surface area contributed by atoms with Crippen LogP contribution in [0.2, 0.25) is 83.6 Å². The molecule has 0 atom stereocenters. The lowest BCUT2D eigenvalue weighted by atomic mass is 10.1. The number of nitro groups is 2. The molecule has 0 unspecified atom stereocenters. The third kappa shape index (κ3) is 28.2. The van der Waals surface area contributed by atoms with Crippen molar-refractivity contribution in [3.63, 3.8) is 0 Å². The van der Waals surface area contributed by atoms with Crippen molar-refractivity contribution in [2.45, 2.75) is 78.6 Å². The van der Waals surface area contributed by atoms with Crippen LogP contribution in [0.1, 0.15) is 63.7 Å². The van der Waals surface area contributed by atoms with E-state index in [1.54, 1.807) is 79.4 Å². The maximum absolute atomic E-state index is 12.4. The van der Waals surface area contributed by atoms with E-state index in [1.165, 1.54) is 64.8 Å². The number of rotatable bonds is 13. The summed E-state index contributed by atoms with van der Waals surface area (Å²) in [7, 11) is -0.0952. The third-order valence-corrected chi connectivity index (χ3v) is 16.2. The van der Waals surface area contributed by atoms with Gasteiger partial charge in [-0.2, -0.15) is 0 Å². The van der Waals surface area contributed by atoms with Gasteiger partial charge in [-0.05, 0) is 91.0 Å². The Labute approximate surface area is 602 Å². The van der Waals surface area contributed by atoms with Gasteiger partial charge < -0.3 is 57.2 Å². The van der Waals surface area contributed by atoms with E-state index in [-0.39, 0.29) is 51.3 Å². The van der Waals surface area contributed by atoms with Crippen LogP contribution < -0.4 is 52.1 Å². The normalized spacial score (nSPS) is 10.4. The molecular formula is C72H81ClN12O13Si4. The first-order chi connectivity index (χ1) is 47.7. The number of carbonyl (C=O) groups excluding carboxylic acids is 3. The highest BCUT2D eigenvalue weighted by molar-refractivity contribution is 6.85. The monoisotopic (exact) mass is 1470 g/mol. The van der Waals surface area contributed by atoms with Gasteiger partial charge in [-0.25, -0.2) is 24.7 Å². The maximum Gasteiger partial charge on any atom is 0.342 e. The Bertz CT molecular complexity index is 4590. The molecule has 4 aromatic heterocycles. The summed E-state index contributed by atoms with van der Waals surface area (Å²) in [5.41, 5.74) is 33.4. The summed E-state index contributed by atoms with van der Waals surface area (Å²) < 4.78 is 19.9. The minimum atomic E-state index is -1.48. The molecule has 3 amide bonds. The van der Waals surface area contributed by atoms with Gasteiger partial charge in [-0.3, -0.25) is 34.6 Å². The zero-order valence-corrected chi connectivity index (χ0v) is 64.2. The molecule has 0 fully saturated rings. The number of carboxylic acid groups (broad SMARTS) is 1. The molecule has 0 aliphatic rings. The third-order valence-electron chi connectivity index (χ3n) is 12.5. The number of carboxylic acids is 1. The van der Waals surface area contributed by atoms with Crippen LogP contribution in [0.25, 0.3) is 0 Å². The molecule has 0 bridgehead atoms. The van der Waals surface area contributed by atoms with Gasteiger partial charge in [0.1, 0.15) is 78.2 Å². The second-order valence-corrected chi connectivity index (χ2v) is 45.1. The van der Waals surface area contributed by atoms with Gasteiger partial charge in [0, 0.05) is 58.1 Å². The van der Waals surface area contributed by atoms with Crippen molar-refractivity contribution >= 4 is 114 Å². The van der Waals surface area contributed by atoms with Crippen molar-refractivity contribution in [1.82, 2.24) is 19.9 Å². The number of hydrogen-bond acceptors (Lipinski definition) is 19. The summed E-state index contributed by atoms with van der Waals surface area (Å²) in [5.74, 6) is 12.1. The number of nitrogens with zero attached hydrogens (tertiary/aromatic N) is 6. The average Bonchev–Trinajstić information content (AvgIpc) is 0.834. The number of carbonyl (C=O) groups is 4. The predicted molar refractivity (Wildman–Crippen MR) is 412 cm³/mol. The van der Waals surface area contributed by atoms with Crippen molar-refractivity contribution in [2.75, 3.05) is 61.6 Å². The van der Waals surface area contributed by atoms with Gasteiger partial charge in [0.25, 0.3) is 17.7 Å². The van der Waals surface area contributed by atoms with Crippen molar-refractivity contribution in [3.05, 3.63) is 210 Å². The summed E-state index contributed by atoms with van der Waals surface area (Å²) in [6.45, 7) is 26.1. The Kier molecular flexibility index (Phi) is 30.7. The Morgan fingerprint density at radius 3 is 1.07 bits per heavy atom. The van der Waals surface area contributed by atoms with Gasteiger partial charge in [0.2, 0.25) is 0 Å². The Hall–Kier alpha value is -11.8. The highest BCUT2D eigenvalue weighted by atomic mass is 35.5. The van der Waals surface area contributed by atoms with E-state index in [0.29, 0.717) is 45.2 Å². The zero-order valence-electron chi connectivity index (χ0n) is 59.4. The van der Waals surface area contributed by atoms with E-state index in [1.807, 2.05) is 18.2 Å². The van der Waals surface area contributed by atoms with Gasteiger partial charge in [-0.1, -0.05) is 132 Å². The molecule has 0 saturated heterocycles. The number of nitrogens with one attached hydrogen (secondary N) is 3. The van der Waals surface area contributed by atoms with Crippen LogP contribution >= 0.6 is 11.6 Å². The number of nitrogen functional groups attached to an aromatic ring is 3. The molecule has 25 nitrogen and oxygen atoms in total. The Morgan fingerprint density at radius 2 is 0.745 bits per heavy atom. The van der Waals surface area contributed by atoms with E-state index in [2.05, 4.69) is 160 Å². The fourth-order valence-corrected chi connectivity index (χ4v) is 9.96. The number of nitro benzene ring substituents is 2. The Morgan fingerprint density at radius 1 is 0.431 bits per heavy atom. The standard InChI is InChI=1S/C18H20ClN3O2Si.C18H19N3O4Si.C18H21N3O2Si.C10H14N2Si.C8H7NO5/c1-24-15-10-13(19)9-14(17(15)20)18(23)22-16-6-5-12(11-21-16)7-8-25(2,3)4;1-25-15-7-5-6-14(17(15)21(23)24)18(22)20-16-9-8-13(12-19-16)10-11-26(2,3)4;1-23-15-7-5-6-14(17(15)19)18(22)21-16-9-8-13(12-20-16)10-11-24(2,3)4;1-13(2,3)7-6-9-4-5-10(11)12-8-9;1-14-6-4-2-3-5(8(10)11)7(6)9(12)13/h5-6,9-11H,20H2,1-4H3,(H,21,22,23);5-9,12H,1-4H3,(H,19,20,22);5-9,12H,19H2,1-4H3,(H,20,21,22);4-5,8H,1-3H3,(H2,11,12);2-4H,1H3,(H,10,11). The van der Waals surface area contributed by atoms with Gasteiger partial charge in [-0.15, -0.1) is 22.2 Å². The minimum Gasteiger partial charge on any atom is -0.495 e. The van der Waals surface area contributed by atoms with E-state index in [0.717, 1.165) is 28.3 Å². The number of aromatic carboxylic acids is 1. The topological polar surface area (TPSA) is 377 Å². The smallest absolute Gasteiger partial charge is 0.342 e. The molecule has 0 spiro atoms. The van der Waals surface area contributed by atoms with Gasteiger partial charge >= 0.3 is 17.3 Å². The van der Waals surface area contributed by atoms with Gasteiger partial charge in [0.05, 0.1) is 60.8 Å². The van der Waals surface area contributed by atoms with Crippen molar-refractivity contribution in [1.29, 1.82) is 0 Å². The maximum atomic E-state index is 12.4. The fraction of sp³-hybridized carbons (Fsp3) is 0.222. The molecule has 0 saturated carbocycles. The average molecular weight is 1470 g/mol. The quantitative estimate of drug-likeness (QED) is 0.0185. The lowest BCUT2D eigenvalue weighted by molar-refractivity contribution is -0.386. The molecular weight excluding hydrogens is 1390 g/mol. The van der Waals surface area contributed by atoms with Crippen LogP contribution in [0.3, 0.4) is 0 Å². The molecule has 30 heteroatoms. The number of amides is 3. The molecule has 4 heterocycles. The number of aromatic nitrogens is 4. The highest BCUT2D eigenvalue weighted by Gasteiger charge is 2.27. The lowest BCUT2D eigenvalue weighted by Gasteiger charge is -2.11. The van der Waals surface area contributed by atoms with E-state index in [9.17, 15) is 39.4 Å². The largest absolute Gasteiger partial charge is 0.495 e. The van der Waals surface area contributed by atoms with Crippen molar-refractivity contribution in [2.24, 2.45) is 0 Å². The first kappa shape index (κ1) is 82.6. The van der Waals surface area contributed by atoms with Crippen LogP contribution in [0.4, 0.5) is 46.0 Å². The molecule has 4 aromatic carbocycles. The number of anilines is 6. The van der Waals surface area contributed by atoms with E-state index >= 15 is 0 Å². The Balaban J connectivity index is 0.000000277. The molecule has 102 heavy (non-hydrogen) atoms. The number of ether oxygens (including phenoxy) is 4. The number of para-hydroxylation sites is 3. The first-order valence-electron chi connectivity index (χ1n) is 30.8.